The highest BCUT2D eigenvalue weighted by atomic mass is 32.2. The Morgan fingerprint density at radius 1 is 1.40 bits per heavy atom. The number of thioether (sulfide) groups is 1. The molecule has 0 aliphatic heterocycles. The van der Waals surface area contributed by atoms with E-state index >= 15 is 0 Å². The Bertz CT molecular complexity index is 299. The fraction of sp³-hybridized carbons (Fsp3) is 0.583. The van der Waals surface area contributed by atoms with Crippen LogP contribution in [0.3, 0.4) is 0 Å². The average molecular weight is 240 g/mol. The Labute approximate surface area is 99.3 Å². The number of thiophene rings is 1. The van der Waals surface area contributed by atoms with Gasteiger partial charge in [0.25, 0.3) is 0 Å². The summed E-state index contributed by atoms with van der Waals surface area (Å²) in [4.78, 5) is 12.7. The predicted octanol–water partition coefficient (Wildman–Crippen LogP) is 4.00. The minimum atomic E-state index is 0.306. The molecule has 0 amide bonds. The number of hydrogen-bond donors (Lipinski definition) is 0. The zero-order valence-corrected chi connectivity index (χ0v) is 10.4. The van der Waals surface area contributed by atoms with Gasteiger partial charge in [0, 0.05) is 5.25 Å². The Balaban J connectivity index is 1.75. The molecule has 1 aromatic heterocycles. The van der Waals surface area contributed by atoms with Gasteiger partial charge in [-0.15, -0.1) is 11.3 Å². The highest BCUT2D eigenvalue weighted by molar-refractivity contribution is 8.00. The van der Waals surface area contributed by atoms with Gasteiger partial charge in [0.15, 0.2) is 5.78 Å². The molecule has 0 N–H and O–H groups in total. The quantitative estimate of drug-likeness (QED) is 0.740. The van der Waals surface area contributed by atoms with E-state index in [0.29, 0.717) is 11.5 Å². The molecule has 1 heterocycles. The summed E-state index contributed by atoms with van der Waals surface area (Å²) in [6.45, 7) is 0. The minimum Gasteiger partial charge on any atom is -0.292 e. The first-order valence-electron chi connectivity index (χ1n) is 5.54. The third-order valence-corrected chi connectivity index (χ3v) is 5.08. The summed E-state index contributed by atoms with van der Waals surface area (Å²) in [5.74, 6) is 0.978. The van der Waals surface area contributed by atoms with Crippen molar-refractivity contribution in [1.29, 1.82) is 0 Å². The Kier molecular flexibility index (Phi) is 4.27. The van der Waals surface area contributed by atoms with Gasteiger partial charge in [0.05, 0.1) is 10.6 Å². The van der Waals surface area contributed by atoms with Crippen LogP contribution in [0.1, 0.15) is 41.8 Å². The molecule has 0 aromatic carbocycles. The first-order valence-corrected chi connectivity index (χ1v) is 7.47. The van der Waals surface area contributed by atoms with Gasteiger partial charge in [-0.05, 0) is 24.3 Å². The Morgan fingerprint density at radius 2 is 2.20 bits per heavy atom. The fourth-order valence-corrected chi connectivity index (χ4v) is 3.90. The van der Waals surface area contributed by atoms with Crippen LogP contribution in [0.5, 0.6) is 0 Å². The lowest BCUT2D eigenvalue weighted by Crippen LogP contribution is -2.11. The smallest absolute Gasteiger partial charge is 0.182 e. The number of Topliss-reactive ketones (excluding diaryl/α,β-unsaturated/α-hetero) is 1. The molecular weight excluding hydrogens is 224 g/mol. The van der Waals surface area contributed by atoms with Gasteiger partial charge in [-0.1, -0.05) is 25.3 Å². The van der Waals surface area contributed by atoms with Crippen molar-refractivity contribution in [3.63, 3.8) is 0 Å². The van der Waals surface area contributed by atoms with Crippen LogP contribution in [0.15, 0.2) is 17.5 Å². The van der Waals surface area contributed by atoms with Gasteiger partial charge >= 0.3 is 0 Å². The van der Waals surface area contributed by atoms with Crippen molar-refractivity contribution in [2.24, 2.45) is 0 Å². The molecule has 3 heteroatoms. The Hall–Kier alpha value is -0.280. The van der Waals surface area contributed by atoms with Crippen LogP contribution in [0.25, 0.3) is 0 Å². The predicted molar refractivity (Wildman–Crippen MR) is 68.0 cm³/mol. The third-order valence-electron chi connectivity index (χ3n) is 2.80. The van der Waals surface area contributed by atoms with Crippen molar-refractivity contribution in [3.8, 4) is 0 Å². The molecule has 0 bridgehead atoms. The van der Waals surface area contributed by atoms with Gasteiger partial charge in [-0.3, -0.25) is 4.79 Å². The minimum absolute atomic E-state index is 0.306. The van der Waals surface area contributed by atoms with Crippen LogP contribution in [-0.2, 0) is 0 Å². The lowest BCUT2D eigenvalue weighted by Gasteiger charge is -2.20. The molecule has 15 heavy (non-hydrogen) atoms. The summed E-state index contributed by atoms with van der Waals surface area (Å²) in [5.41, 5.74) is 0. The average Bonchev–Trinajstić information content (AvgIpc) is 2.81. The standard InChI is InChI=1S/C12H16OS2/c13-11(12-7-4-8-14-12)9-15-10-5-2-1-3-6-10/h4,7-8,10H,1-3,5-6,9H2. The van der Waals surface area contributed by atoms with Crippen LogP contribution in [0, 0.1) is 0 Å². The largest absolute Gasteiger partial charge is 0.292 e. The number of carbonyl (C=O) groups is 1. The summed E-state index contributed by atoms with van der Waals surface area (Å²) >= 11 is 3.42. The molecule has 1 nitrogen and oxygen atoms in total. The van der Waals surface area contributed by atoms with E-state index in [1.807, 2.05) is 29.3 Å². The summed E-state index contributed by atoms with van der Waals surface area (Å²) in [6, 6.07) is 3.87. The van der Waals surface area contributed by atoms with Crippen molar-refractivity contribution < 1.29 is 4.79 Å². The van der Waals surface area contributed by atoms with Crippen molar-refractivity contribution >= 4 is 28.9 Å². The molecule has 1 aromatic rings. The topological polar surface area (TPSA) is 17.1 Å². The van der Waals surface area contributed by atoms with Crippen molar-refractivity contribution in [3.05, 3.63) is 22.4 Å². The van der Waals surface area contributed by atoms with Crippen LogP contribution < -0.4 is 0 Å². The molecule has 2 rings (SSSR count). The second kappa shape index (κ2) is 5.71. The molecule has 82 valence electrons. The molecule has 1 aliphatic rings. The van der Waals surface area contributed by atoms with E-state index in [1.54, 1.807) is 11.3 Å². The first-order chi connectivity index (χ1) is 7.36. The van der Waals surface area contributed by atoms with Crippen LogP contribution in [-0.4, -0.2) is 16.8 Å². The highest BCUT2D eigenvalue weighted by Crippen LogP contribution is 2.28. The van der Waals surface area contributed by atoms with Crippen molar-refractivity contribution in [1.82, 2.24) is 0 Å². The Morgan fingerprint density at radius 3 is 2.87 bits per heavy atom. The number of rotatable bonds is 4. The van der Waals surface area contributed by atoms with E-state index in [-0.39, 0.29) is 0 Å². The molecule has 1 fully saturated rings. The van der Waals surface area contributed by atoms with E-state index in [9.17, 15) is 4.79 Å². The maximum absolute atomic E-state index is 11.7. The summed E-state index contributed by atoms with van der Waals surface area (Å²) < 4.78 is 0. The van der Waals surface area contributed by atoms with Gasteiger partial charge in [0.1, 0.15) is 0 Å². The molecule has 1 aliphatic carbocycles. The maximum Gasteiger partial charge on any atom is 0.182 e. The van der Waals surface area contributed by atoms with E-state index in [1.165, 1.54) is 32.1 Å². The van der Waals surface area contributed by atoms with E-state index in [4.69, 9.17) is 0 Å². The summed E-state index contributed by atoms with van der Waals surface area (Å²) in [5, 5.41) is 2.71. The van der Waals surface area contributed by atoms with Gasteiger partial charge in [0.2, 0.25) is 0 Å². The lowest BCUT2D eigenvalue weighted by atomic mass is 10.0. The van der Waals surface area contributed by atoms with E-state index < -0.39 is 0 Å². The van der Waals surface area contributed by atoms with E-state index in [0.717, 1.165) is 10.1 Å². The normalized spacial score (nSPS) is 17.9. The first kappa shape index (κ1) is 11.2. The highest BCUT2D eigenvalue weighted by Gasteiger charge is 2.16. The van der Waals surface area contributed by atoms with E-state index in [2.05, 4.69) is 0 Å². The van der Waals surface area contributed by atoms with Gasteiger partial charge < -0.3 is 0 Å². The third kappa shape index (κ3) is 3.35. The monoisotopic (exact) mass is 240 g/mol. The zero-order chi connectivity index (χ0) is 10.5. The van der Waals surface area contributed by atoms with Crippen molar-refractivity contribution in [2.75, 3.05) is 5.75 Å². The molecule has 0 saturated heterocycles. The SMILES string of the molecule is O=C(CSC1CCCCC1)c1cccs1. The van der Waals surface area contributed by atoms with Crippen LogP contribution >= 0.6 is 23.1 Å². The van der Waals surface area contributed by atoms with Crippen LogP contribution in [0.2, 0.25) is 0 Å². The lowest BCUT2D eigenvalue weighted by molar-refractivity contribution is 0.102. The number of carbonyl (C=O) groups excluding carboxylic acids is 1. The number of hydrogen-bond acceptors (Lipinski definition) is 3. The zero-order valence-electron chi connectivity index (χ0n) is 8.78. The van der Waals surface area contributed by atoms with Gasteiger partial charge in [-0.25, -0.2) is 0 Å². The summed E-state index contributed by atoms with van der Waals surface area (Å²) in [7, 11) is 0. The molecule has 1 saturated carbocycles. The molecule has 0 unspecified atom stereocenters. The second-order valence-corrected chi connectivity index (χ2v) is 6.21. The molecular formula is C12H16OS2. The molecule has 0 spiro atoms. The maximum atomic E-state index is 11.7. The second-order valence-electron chi connectivity index (χ2n) is 3.97. The molecule has 0 radical (unpaired) electrons. The summed E-state index contributed by atoms with van der Waals surface area (Å²) in [6.07, 6.45) is 6.70. The number of ketones is 1. The molecule has 0 atom stereocenters. The van der Waals surface area contributed by atoms with Crippen molar-refractivity contribution in [2.45, 2.75) is 37.4 Å². The van der Waals surface area contributed by atoms with Crippen LogP contribution in [0.4, 0.5) is 0 Å². The van der Waals surface area contributed by atoms with Gasteiger partial charge in [-0.2, -0.15) is 11.8 Å². The fourth-order valence-electron chi connectivity index (χ4n) is 1.93.